The molecule has 1 amide bonds. The monoisotopic (exact) mass is 354 g/mol. The van der Waals surface area contributed by atoms with Gasteiger partial charge in [-0.1, -0.05) is 11.6 Å². The molecule has 0 bridgehead atoms. The van der Waals surface area contributed by atoms with Crippen molar-refractivity contribution < 1.29 is 9.53 Å². The van der Waals surface area contributed by atoms with Gasteiger partial charge in [0, 0.05) is 21.8 Å². The zero-order valence-electron chi connectivity index (χ0n) is 10.6. The van der Waals surface area contributed by atoms with Crippen LogP contribution in [-0.2, 0) is 0 Å². The Morgan fingerprint density at radius 3 is 2.70 bits per heavy atom. The molecule has 0 aliphatic carbocycles. The molecule has 0 aliphatic heterocycles. The van der Waals surface area contributed by atoms with Crippen LogP contribution in [0.25, 0.3) is 0 Å². The van der Waals surface area contributed by atoms with Crippen LogP contribution >= 0.6 is 27.5 Å². The first kappa shape index (κ1) is 14.7. The number of halogens is 2. The Hall–Kier alpha value is -1.72. The molecule has 0 fully saturated rings. The first-order valence-corrected chi connectivity index (χ1v) is 6.88. The predicted molar refractivity (Wildman–Crippen MR) is 84.5 cm³/mol. The number of rotatable bonds is 3. The van der Waals surface area contributed by atoms with Gasteiger partial charge in [0.25, 0.3) is 5.91 Å². The fourth-order valence-corrected chi connectivity index (χ4v) is 2.14. The van der Waals surface area contributed by atoms with Crippen LogP contribution < -0.4 is 15.8 Å². The summed E-state index contributed by atoms with van der Waals surface area (Å²) >= 11 is 9.18. The summed E-state index contributed by atoms with van der Waals surface area (Å²) in [6.45, 7) is 0. The number of nitrogen functional groups attached to an aromatic ring is 1. The number of nitrogens with two attached hydrogens (primary N) is 1. The summed E-state index contributed by atoms with van der Waals surface area (Å²) < 4.78 is 5.84. The maximum atomic E-state index is 12.2. The molecule has 4 nitrogen and oxygen atoms in total. The highest BCUT2D eigenvalue weighted by molar-refractivity contribution is 9.10. The number of carbonyl (C=O) groups excluding carboxylic acids is 1. The number of ether oxygens (including phenoxy) is 1. The van der Waals surface area contributed by atoms with E-state index < -0.39 is 0 Å². The number of benzene rings is 2. The Morgan fingerprint density at radius 1 is 1.30 bits per heavy atom. The molecule has 0 atom stereocenters. The third-order valence-corrected chi connectivity index (χ3v) is 3.87. The third-order valence-electron chi connectivity index (χ3n) is 2.66. The lowest BCUT2D eigenvalue weighted by molar-refractivity contribution is 0.102. The molecule has 0 heterocycles. The van der Waals surface area contributed by atoms with Gasteiger partial charge in [-0.15, -0.1) is 0 Å². The van der Waals surface area contributed by atoms with Gasteiger partial charge >= 0.3 is 0 Å². The lowest BCUT2D eigenvalue weighted by Gasteiger charge is -2.11. The largest absolute Gasteiger partial charge is 0.494 e. The van der Waals surface area contributed by atoms with Crippen LogP contribution in [0, 0.1) is 0 Å². The van der Waals surface area contributed by atoms with Crippen LogP contribution in [0.2, 0.25) is 5.02 Å². The van der Waals surface area contributed by atoms with Gasteiger partial charge < -0.3 is 15.8 Å². The molecular weight excluding hydrogens is 344 g/mol. The second-order valence-electron chi connectivity index (χ2n) is 4.04. The van der Waals surface area contributed by atoms with Gasteiger partial charge in [-0.25, -0.2) is 0 Å². The highest BCUT2D eigenvalue weighted by Gasteiger charge is 2.11. The molecule has 2 aromatic carbocycles. The summed E-state index contributed by atoms with van der Waals surface area (Å²) in [5.41, 5.74) is 7.27. The van der Waals surface area contributed by atoms with E-state index >= 15 is 0 Å². The van der Waals surface area contributed by atoms with Crippen molar-refractivity contribution >= 4 is 44.8 Å². The molecule has 20 heavy (non-hydrogen) atoms. The van der Waals surface area contributed by atoms with Crippen molar-refractivity contribution in [3.05, 3.63) is 51.5 Å². The standard InChI is InChI=1S/C14H12BrClN2O2/c1-20-13-7-9(17)3-5-12(13)18-14(19)8-2-4-11(16)10(15)6-8/h2-7H,17H2,1H3,(H,18,19). The van der Waals surface area contributed by atoms with Crippen molar-refractivity contribution in [2.75, 3.05) is 18.2 Å². The quantitative estimate of drug-likeness (QED) is 0.820. The van der Waals surface area contributed by atoms with E-state index in [0.717, 1.165) is 0 Å². The summed E-state index contributed by atoms with van der Waals surface area (Å²) in [6, 6.07) is 9.98. The van der Waals surface area contributed by atoms with Gasteiger partial charge in [-0.3, -0.25) is 4.79 Å². The topological polar surface area (TPSA) is 64.3 Å². The Labute approximate surface area is 130 Å². The summed E-state index contributed by atoms with van der Waals surface area (Å²) in [7, 11) is 1.52. The molecule has 0 saturated carbocycles. The summed E-state index contributed by atoms with van der Waals surface area (Å²) in [5, 5.41) is 3.32. The van der Waals surface area contributed by atoms with Gasteiger partial charge in [-0.05, 0) is 46.3 Å². The van der Waals surface area contributed by atoms with Gasteiger partial charge in [-0.2, -0.15) is 0 Å². The van der Waals surface area contributed by atoms with Crippen LogP contribution in [0.4, 0.5) is 11.4 Å². The Balaban J connectivity index is 2.25. The van der Waals surface area contributed by atoms with Crippen molar-refractivity contribution in [1.82, 2.24) is 0 Å². The van der Waals surface area contributed by atoms with Crippen molar-refractivity contribution in [2.24, 2.45) is 0 Å². The summed E-state index contributed by atoms with van der Waals surface area (Å²) in [5.74, 6) is 0.247. The highest BCUT2D eigenvalue weighted by Crippen LogP contribution is 2.28. The second-order valence-corrected chi connectivity index (χ2v) is 5.30. The lowest BCUT2D eigenvalue weighted by atomic mass is 10.2. The van der Waals surface area contributed by atoms with E-state index in [2.05, 4.69) is 21.2 Å². The average Bonchev–Trinajstić information content (AvgIpc) is 2.43. The number of anilines is 2. The Bertz CT molecular complexity index is 662. The van der Waals surface area contributed by atoms with Gasteiger partial charge in [0.05, 0.1) is 17.8 Å². The number of methoxy groups -OCH3 is 1. The SMILES string of the molecule is COc1cc(N)ccc1NC(=O)c1ccc(Cl)c(Br)c1. The van der Waals surface area contributed by atoms with Crippen molar-refractivity contribution in [2.45, 2.75) is 0 Å². The zero-order valence-corrected chi connectivity index (χ0v) is 13.0. The summed E-state index contributed by atoms with van der Waals surface area (Å²) in [4.78, 5) is 12.2. The number of carbonyl (C=O) groups is 1. The number of hydrogen-bond acceptors (Lipinski definition) is 3. The van der Waals surface area contributed by atoms with E-state index in [1.165, 1.54) is 7.11 Å². The van der Waals surface area contributed by atoms with Crippen molar-refractivity contribution in [1.29, 1.82) is 0 Å². The maximum Gasteiger partial charge on any atom is 0.255 e. The molecule has 0 radical (unpaired) electrons. The predicted octanol–water partition coefficient (Wildman–Crippen LogP) is 3.95. The third kappa shape index (κ3) is 3.23. The molecule has 6 heteroatoms. The van der Waals surface area contributed by atoms with Crippen LogP contribution in [0.3, 0.4) is 0 Å². The first-order chi connectivity index (χ1) is 9.51. The smallest absolute Gasteiger partial charge is 0.255 e. The van der Waals surface area contributed by atoms with Crippen LogP contribution in [-0.4, -0.2) is 13.0 Å². The molecule has 0 saturated heterocycles. The first-order valence-electron chi connectivity index (χ1n) is 5.71. The fraction of sp³-hybridized carbons (Fsp3) is 0.0714. The average molecular weight is 356 g/mol. The fourth-order valence-electron chi connectivity index (χ4n) is 1.64. The van der Waals surface area contributed by atoms with Crippen molar-refractivity contribution in [3.63, 3.8) is 0 Å². The molecule has 104 valence electrons. The van der Waals surface area contributed by atoms with Gasteiger partial charge in [0.1, 0.15) is 5.75 Å². The molecule has 0 unspecified atom stereocenters. The Kier molecular flexibility index (Phi) is 4.52. The van der Waals surface area contributed by atoms with E-state index in [1.54, 1.807) is 36.4 Å². The van der Waals surface area contributed by atoms with E-state index in [4.69, 9.17) is 22.1 Å². The minimum atomic E-state index is -0.259. The Morgan fingerprint density at radius 2 is 2.05 bits per heavy atom. The minimum Gasteiger partial charge on any atom is -0.494 e. The van der Waals surface area contributed by atoms with Crippen LogP contribution in [0.15, 0.2) is 40.9 Å². The minimum absolute atomic E-state index is 0.259. The van der Waals surface area contributed by atoms with E-state index in [-0.39, 0.29) is 5.91 Å². The van der Waals surface area contributed by atoms with E-state index in [9.17, 15) is 4.79 Å². The lowest BCUT2D eigenvalue weighted by Crippen LogP contribution is -2.12. The number of amides is 1. The maximum absolute atomic E-state index is 12.2. The highest BCUT2D eigenvalue weighted by atomic mass is 79.9. The molecule has 0 aliphatic rings. The van der Waals surface area contributed by atoms with E-state index in [1.807, 2.05) is 0 Å². The molecule has 0 spiro atoms. The number of hydrogen-bond donors (Lipinski definition) is 2. The number of nitrogens with one attached hydrogen (secondary N) is 1. The molecule has 0 aromatic heterocycles. The molecule has 2 rings (SSSR count). The van der Waals surface area contributed by atoms with Crippen molar-refractivity contribution in [3.8, 4) is 5.75 Å². The van der Waals surface area contributed by atoms with E-state index in [0.29, 0.717) is 32.2 Å². The second kappa shape index (κ2) is 6.15. The van der Waals surface area contributed by atoms with Gasteiger partial charge in [0.2, 0.25) is 0 Å². The molecule has 2 aromatic rings. The zero-order chi connectivity index (χ0) is 14.7. The molecular formula is C14H12BrClN2O2. The van der Waals surface area contributed by atoms with Crippen LogP contribution in [0.1, 0.15) is 10.4 Å². The van der Waals surface area contributed by atoms with Gasteiger partial charge in [0.15, 0.2) is 0 Å². The van der Waals surface area contributed by atoms with Crippen LogP contribution in [0.5, 0.6) is 5.75 Å². The summed E-state index contributed by atoms with van der Waals surface area (Å²) in [6.07, 6.45) is 0. The normalized spacial score (nSPS) is 10.2. The molecule has 3 N–H and O–H groups in total.